The van der Waals surface area contributed by atoms with Crippen LogP contribution in [0.3, 0.4) is 0 Å². The van der Waals surface area contributed by atoms with Crippen LogP contribution in [0, 0.1) is 0 Å². The number of nitrogens with zero attached hydrogens (tertiary/aromatic N) is 3. The van der Waals surface area contributed by atoms with E-state index in [1.807, 2.05) is 13.1 Å². The maximum absolute atomic E-state index is 5.79. The molecule has 0 aromatic carbocycles. The van der Waals surface area contributed by atoms with Gasteiger partial charge in [-0.05, 0) is 33.4 Å². The number of hydrogen-bond donors (Lipinski definition) is 1. The van der Waals surface area contributed by atoms with E-state index in [1.54, 1.807) is 4.68 Å². The van der Waals surface area contributed by atoms with E-state index in [-0.39, 0.29) is 5.54 Å². The molecule has 0 radical (unpaired) electrons. The van der Waals surface area contributed by atoms with E-state index in [0.29, 0.717) is 0 Å². The van der Waals surface area contributed by atoms with E-state index in [1.165, 1.54) is 12.8 Å². The van der Waals surface area contributed by atoms with Crippen LogP contribution in [0.15, 0.2) is 6.07 Å². The Morgan fingerprint density at radius 3 is 2.64 bits per heavy atom. The van der Waals surface area contributed by atoms with Crippen molar-refractivity contribution in [3.05, 3.63) is 11.8 Å². The van der Waals surface area contributed by atoms with Gasteiger partial charge in [0.1, 0.15) is 5.82 Å². The molecule has 1 aliphatic heterocycles. The molecule has 1 aromatic rings. The molecular formula is C10H18N4. The van der Waals surface area contributed by atoms with Gasteiger partial charge in [-0.3, -0.25) is 9.58 Å². The van der Waals surface area contributed by atoms with Gasteiger partial charge in [0.05, 0.1) is 11.2 Å². The lowest BCUT2D eigenvalue weighted by atomic mass is 9.95. The first kappa shape index (κ1) is 9.52. The Bertz CT molecular complexity index is 324. The molecule has 1 atom stereocenters. The quantitative estimate of drug-likeness (QED) is 0.724. The molecule has 4 nitrogen and oxygen atoms in total. The van der Waals surface area contributed by atoms with E-state index in [9.17, 15) is 0 Å². The van der Waals surface area contributed by atoms with Crippen molar-refractivity contribution in [2.24, 2.45) is 7.05 Å². The van der Waals surface area contributed by atoms with Crippen LogP contribution in [0.25, 0.3) is 0 Å². The van der Waals surface area contributed by atoms with Gasteiger partial charge in [-0.25, -0.2) is 0 Å². The maximum atomic E-state index is 5.79. The fourth-order valence-electron chi connectivity index (χ4n) is 2.17. The molecule has 0 spiro atoms. The standard InChI is InChI=1S/C10H18N4/c1-10(5-4-6-13(10)2)8-7-9(11)14(3)12-8/h7H,4-6,11H2,1-3H3. The number of nitrogens with two attached hydrogens (primary N) is 1. The van der Waals surface area contributed by atoms with Crippen molar-refractivity contribution in [1.29, 1.82) is 0 Å². The predicted molar refractivity (Wildman–Crippen MR) is 56.8 cm³/mol. The first-order valence-electron chi connectivity index (χ1n) is 5.05. The summed E-state index contributed by atoms with van der Waals surface area (Å²) >= 11 is 0. The second-order valence-corrected chi connectivity index (χ2v) is 4.38. The van der Waals surface area contributed by atoms with Gasteiger partial charge in [0.15, 0.2) is 0 Å². The summed E-state index contributed by atoms with van der Waals surface area (Å²) in [5.41, 5.74) is 6.97. The van der Waals surface area contributed by atoms with Crippen molar-refractivity contribution in [1.82, 2.24) is 14.7 Å². The fourth-order valence-corrected chi connectivity index (χ4v) is 2.17. The SMILES string of the molecule is CN1CCCC1(C)c1cc(N)n(C)n1. The highest BCUT2D eigenvalue weighted by Gasteiger charge is 2.37. The molecule has 1 saturated heterocycles. The molecule has 4 heteroatoms. The van der Waals surface area contributed by atoms with E-state index >= 15 is 0 Å². The van der Waals surface area contributed by atoms with E-state index < -0.39 is 0 Å². The summed E-state index contributed by atoms with van der Waals surface area (Å²) in [7, 11) is 4.04. The van der Waals surface area contributed by atoms with Crippen molar-refractivity contribution in [3.63, 3.8) is 0 Å². The Kier molecular flexibility index (Phi) is 2.03. The lowest BCUT2D eigenvalue weighted by Gasteiger charge is -2.30. The van der Waals surface area contributed by atoms with Crippen LogP contribution in [0.1, 0.15) is 25.5 Å². The van der Waals surface area contributed by atoms with E-state index in [4.69, 9.17) is 5.73 Å². The molecule has 1 unspecified atom stereocenters. The molecule has 1 fully saturated rings. The largest absolute Gasteiger partial charge is 0.384 e. The highest BCUT2D eigenvalue weighted by molar-refractivity contribution is 5.34. The molecule has 1 aliphatic rings. The number of anilines is 1. The zero-order valence-corrected chi connectivity index (χ0v) is 9.12. The average molecular weight is 194 g/mol. The molecule has 2 heterocycles. The van der Waals surface area contributed by atoms with Crippen LogP contribution < -0.4 is 5.73 Å². The van der Waals surface area contributed by atoms with Crippen molar-refractivity contribution in [2.75, 3.05) is 19.3 Å². The normalized spacial score (nSPS) is 28.5. The smallest absolute Gasteiger partial charge is 0.121 e. The van der Waals surface area contributed by atoms with Gasteiger partial charge in [0, 0.05) is 13.1 Å². The third-order valence-electron chi connectivity index (χ3n) is 3.47. The lowest BCUT2D eigenvalue weighted by molar-refractivity contribution is 0.191. The number of rotatable bonds is 1. The van der Waals surface area contributed by atoms with Gasteiger partial charge >= 0.3 is 0 Å². The summed E-state index contributed by atoms with van der Waals surface area (Å²) in [6.45, 7) is 3.38. The monoisotopic (exact) mass is 194 g/mol. The minimum Gasteiger partial charge on any atom is -0.384 e. The molecule has 14 heavy (non-hydrogen) atoms. The topological polar surface area (TPSA) is 47.1 Å². The summed E-state index contributed by atoms with van der Waals surface area (Å²) in [4.78, 5) is 2.36. The van der Waals surface area contributed by atoms with Crippen LogP contribution in [-0.2, 0) is 12.6 Å². The van der Waals surface area contributed by atoms with Crippen molar-refractivity contribution in [3.8, 4) is 0 Å². The molecule has 0 bridgehead atoms. The highest BCUT2D eigenvalue weighted by atomic mass is 15.3. The van der Waals surface area contributed by atoms with Gasteiger partial charge in [0.25, 0.3) is 0 Å². The second kappa shape index (κ2) is 2.98. The zero-order valence-electron chi connectivity index (χ0n) is 9.12. The van der Waals surface area contributed by atoms with Crippen LogP contribution in [0.4, 0.5) is 5.82 Å². The third kappa shape index (κ3) is 1.21. The Morgan fingerprint density at radius 2 is 2.21 bits per heavy atom. The van der Waals surface area contributed by atoms with Crippen molar-refractivity contribution >= 4 is 5.82 Å². The number of likely N-dealkylation sites (tertiary alicyclic amines) is 1. The zero-order chi connectivity index (χ0) is 10.3. The number of hydrogen-bond acceptors (Lipinski definition) is 3. The minimum atomic E-state index is 0.0787. The molecule has 78 valence electrons. The summed E-state index contributed by atoms with van der Waals surface area (Å²) in [5.74, 6) is 0.738. The van der Waals surface area contributed by atoms with Gasteiger partial charge in [-0.2, -0.15) is 5.10 Å². The molecule has 0 saturated carbocycles. The molecule has 2 rings (SSSR count). The van der Waals surface area contributed by atoms with Gasteiger partial charge in [-0.15, -0.1) is 0 Å². The molecule has 2 N–H and O–H groups in total. The van der Waals surface area contributed by atoms with Crippen LogP contribution in [-0.4, -0.2) is 28.3 Å². The van der Waals surface area contributed by atoms with Gasteiger partial charge in [0.2, 0.25) is 0 Å². The molecule has 0 aliphatic carbocycles. The third-order valence-corrected chi connectivity index (χ3v) is 3.47. The van der Waals surface area contributed by atoms with Crippen LogP contribution in [0.2, 0.25) is 0 Å². The average Bonchev–Trinajstić information content (AvgIpc) is 2.61. The Balaban J connectivity index is 2.38. The fraction of sp³-hybridized carbons (Fsp3) is 0.700. The van der Waals surface area contributed by atoms with Crippen molar-refractivity contribution < 1.29 is 0 Å². The minimum absolute atomic E-state index is 0.0787. The van der Waals surface area contributed by atoms with Crippen LogP contribution in [0.5, 0.6) is 0 Å². The molecule has 1 aromatic heterocycles. The number of aromatic nitrogens is 2. The summed E-state index contributed by atoms with van der Waals surface area (Å²) in [5, 5.41) is 4.46. The second-order valence-electron chi connectivity index (χ2n) is 4.38. The van der Waals surface area contributed by atoms with E-state index in [2.05, 4.69) is 24.0 Å². The Labute approximate surface area is 84.7 Å². The first-order chi connectivity index (χ1) is 6.54. The number of nitrogen functional groups attached to an aromatic ring is 1. The highest BCUT2D eigenvalue weighted by Crippen LogP contribution is 2.36. The maximum Gasteiger partial charge on any atom is 0.121 e. The molecule has 0 amide bonds. The number of aryl methyl sites for hydroxylation is 1. The van der Waals surface area contributed by atoms with Crippen LogP contribution >= 0.6 is 0 Å². The lowest BCUT2D eigenvalue weighted by Crippen LogP contribution is -2.35. The Morgan fingerprint density at radius 1 is 1.50 bits per heavy atom. The van der Waals surface area contributed by atoms with Gasteiger partial charge in [-0.1, -0.05) is 0 Å². The first-order valence-corrected chi connectivity index (χ1v) is 5.05. The summed E-state index contributed by atoms with van der Waals surface area (Å²) < 4.78 is 1.74. The Hall–Kier alpha value is -1.03. The molecular weight excluding hydrogens is 176 g/mol. The summed E-state index contributed by atoms with van der Waals surface area (Å²) in [6.07, 6.45) is 2.41. The van der Waals surface area contributed by atoms with E-state index in [0.717, 1.165) is 18.1 Å². The van der Waals surface area contributed by atoms with Crippen molar-refractivity contribution in [2.45, 2.75) is 25.3 Å². The predicted octanol–water partition coefficient (Wildman–Crippen LogP) is 0.943. The summed E-state index contributed by atoms with van der Waals surface area (Å²) in [6, 6.07) is 1.99. The van der Waals surface area contributed by atoms with Gasteiger partial charge < -0.3 is 5.73 Å².